The van der Waals surface area contributed by atoms with E-state index in [1.807, 2.05) is 0 Å². The molecule has 0 aliphatic rings. The fourth-order valence-electron chi connectivity index (χ4n) is 1.57. The highest BCUT2D eigenvalue weighted by Crippen LogP contribution is 2.15. The van der Waals surface area contributed by atoms with Gasteiger partial charge in [-0.15, -0.1) is 10.2 Å². The maximum absolute atomic E-state index is 11.0. The number of carbonyl (C=O) groups is 1. The first-order chi connectivity index (χ1) is 7.59. The van der Waals surface area contributed by atoms with E-state index in [0.717, 1.165) is 12.8 Å². The minimum Gasteiger partial charge on any atom is -0.481 e. The van der Waals surface area contributed by atoms with Crippen molar-refractivity contribution in [2.24, 2.45) is 11.8 Å². The van der Waals surface area contributed by atoms with Gasteiger partial charge in [-0.05, 0) is 12.3 Å². The summed E-state index contributed by atoms with van der Waals surface area (Å²) in [6.45, 7) is 4.27. The molecule has 0 saturated heterocycles. The maximum Gasteiger partial charge on any atom is 0.306 e. The third-order valence-electron chi connectivity index (χ3n) is 2.50. The Morgan fingerprint density at radius 3 is 2.69 bits per heavy atom. The molecule has 2 N–H and O–H groups in total. The van der Waals surface area contributed by atoms with Crippen LogP contribution in [-0.2, 0) is 11.2 Å². The molecule has 1 atom stereocenters. The van der Waals surface area contributed by atoms with Crippen molar-refractivity contribution in [1.82, 2.24) is 20.6 Å². The van der Waals surface area contributed by atoms with Gasteiger partial charge in [0.2, 0.25) is 0 Å². The van der Waals surface area contributed by atoms with Crippen LogP contribution in [0.4, 0.5) is 0 Å². The van der Waals surface area contributed by atoms with Crippen LogP contribution >= 0.6 is 0 Å². The number of aliphatic carboxylic acids is 1. The van der Waals surface area contributed by atoms with Crippen molar-refractivity contribution in [3.63, 3.8) is 0 Å². The van der Waals surface area contributed by atoms with Crippen molar-refractivity contribution < 1.29 is 9.90 Å². The third-order valence-corrected chi connectivity index (χ3v) is 2.50. The summed E-state index contributed by atoms with van der Waals surface area (Å²) in [5, 5.41) is 22.3. The number of rotatable bonds is 7. The van der Waals surface area contributed by atoms with Crippen LogP contribution in [0.3, 0.4) is 0 Å². The molecule has 0 radical (unpaired) electrons. The molecule has 0 amide bonds. The highest BCUT2D eigenvalue weighted by molar-refractivity contribution is 5.70. The SMILES string of the molecule is CC(C)CCCC(Cc1nn[nH]n1)C(=O)O. The molecule has 0 saturated carbocycles. The summed E-state index contributed by atoms with van der Waals surface area (Å²) in [6, 6.07) is 0. The highest BCUT2D eigenvalue weighted by atomic mass is 16.4. The fraction of sp³-hybridized carbons (Fsp3) is 0.800. The molecule has 0 fully saturated rings. The van der Waals surface area contributed by atoms with E-state index in [2.05, 4.69) is 34.5 Å². The summed E-state index contributed by atoms with van der Waals surface area (Å²) in [5.41, 5.74) is 0. The molecule has 0 aromatic carbocycles. The van der Waals surface area contributed by atoms with E-state index in [9.17, 15) is 4.79 Å². The van der Waals surface area contributed by atoms with Gasteiger partial charge in [-0.2, -0.15) is 5.21 Å². The van der Waals surface area contributed by atoms with Gasteiger partial charge in [0, 0.05) is 6.42 Å². The lowest BCUT2D eigenvalue weighted by Gasteiger charge is -2.10. The fourth-order valence-corrected chi connectivity index (χ4v) is 1.57. The first kappa shape index (κ1) is 12.6. The first-order valence-electron chi connectivity index (χ1n) is 5.54. The number of nitrogens with zero attached hydrogens (tertiary/aromatic N) is 3. The Hall–Kier alpha value is -1.46. The zero-order valence-electron chi connectivity index (χ0n) is 9.68. The molecule has 0 aliphatic heterocycles. The van der Waals surface area contributed by atoms with E-state index in [1.165, 1.54) is 0 Å². The molecule has 0 bridgehead atoms. The molecular formula is C10H18N4O2. The molecular weight excluding hydrogens is 208 g/mol. The predicted octanol–water partition coefficient (Wildman–Crippen LogP) is 1.27. The van der Waals surface area contributed by atoms with Gasteiger partial charge >= 0.3 is 5.97 Å². The van der Waals surface area contributed by atoms with Gasteiger partial charge in [-0.25, -0.2) is 0 Å². The third kappa shape index (κ3) is 4.37. The van der Waals surface area contributed by atoms with Crippen LogP contribution in [0.25, 0.3) is 0 Å². The number of nitrogens with one attached hydrogen (secondary N) is 1. The molecule has 90 valence electrons. The number of tetrazole rings is 1. The van der Waals surface area contributed by atoms with Crippen LogP contribution in [-0.4, -0.2) is 31.7 Å². The highest BCUT2D eigenvalue weighted by Gasteiger charge is 2.19. The largest absolute Gasteiger partial charge is 0.481 e. The van der Waals surface area contributed by atoms with Crippen LogP contribution in [0, 0.1) is 11.8 Å². The van der Waals surface area contributed by atoms with Crippen LogP contribution in [0.15, 0.2) is 0 Å². The minimum absolute atomic E-state index is 0.351. The number of aromatic amines is 1. The van der Waals surface area contributed by atoms with E-state index in [0.29, 0.717) is 24.6 Å². The van der Waals surface area contributed by atoms with Gasteiger partial charge in [0.15, 0.2) is 5.82 Å². The van der Waals surface area contributed by atoms with Crippen LogP contribution in [0.5, 0.6) is 0 Å². The topological polar surface area (TPSA) is 91.8 Å². The number of aromatic nitrogens is 4. The van der Waals surface area contributed by atoms with Gasteiger partial charge in [0.1, 0.15) is 0 Å². The van der Waals surface area contributed by atoms with E-state index >= 15 is 0 Å². The second-order valence-electron chi connectivity index (χ2n) is 4.39. The number of hydrogen-bond donors (Lipinski definition) is 2. The zero-order valence-corrected chi connectivity index (χ0v) is 9.68. The van der Waals surface area contributed by atoms with Crippen molar-refractivity contribution in [2.45, 2.75) is 39.5 Å². The monoisotopic (exact) mass is 226 g/mol. The van der Waals surface area contributed by atoms with Crippen molar-refractivity contribution in [3.8, 4) is 0 Å². The molecule has 1 unspecified atom stereocenters. The zero-order chi connectivity index (χ0) is 12.0. The summed E-state index contributed by atoms with van der Waals surface area (Å²) < 4.78 is 0. The second-order valence-corrected chi connectivity index (χ2v) is 4.39. The Bertz CT molecular complexity index is 311. The number of carboxylic acids is 1. The van der Waals surface area contributed by atoms with Crippen molar-refractivity contribution in [1.29, 1.82) is 0 Å². The summed E-state index contributed by atoms with van der Waals surface area (Å²) in [7, 11) is 0. The van der Waals surface area contributed by atoms with Crippen LogP contribution in [0.1, 0.15) is 38.9 Å². The lowest BCUT2D eigenvalue weighted by molar-refractivity contribution is -0.142. The smallest absolute Gasteiger partial charge is 0.306 e. The lowest BCUT2D eigenvalue weighted by Crippen LogP contribution is -2.17. The van der Waals surface area contributed by atoms with Crippen LogP contribution in [0.2, 0.25) is 0 Å². The second kappa shape index (κ2) is 6.19. The van der Waals surface area contributed by atoms with E-state index in [4.69, 9.17) is 5.11 Å². The van der Waals surface area contributed by atoms with Gasteiger partial charge < -0.3 is 5.11 Å². The molecule has 1 rings (SSSR count). The normalized spacial score (nSPS) is 12.9. The molecule has 1 aromatic rings. The van der Waals surface area contributed by atoms with Gasteiger partial charge in [0.05, 0.1) is 5.92 Å². The van der Waals surface area contributed by atoms with Gasteiger partial charge in [0.25, 0.3) is 0 Å². The quantitative estimate of drug-likeness (QED) is 0.730. The molecule has 1 heterocycles. The number of carboxylic acid groups (broad SMARTS) is 1. The standard InChI is InChI=1S/C10H18N4O2/c1-7(2)4-3-5-8(10(15)16)6-9-11-13-14-12-9/h7-8H,3-6H2,1-2H3,(H,15,16)(H,11,12,13,14). The summed E-state index contributed by atoms with van der Waals surface area (Å²) >= 11 is 0. The molecule has 0 aliphatic carbocycles. The van der Waals surface area contributed by atoms with Crippen molar-refractivity contribution in [2.75, 3.05) is 0 Å². The Kier molecular flexibility index (Phi) is 4.88. The van der Waals surface area contributed by atoms with Crippen molar-refractivity contribution in [3.05, 3.63) is 5.82 Å². The Labute approximate surface area is 94.4 Å². The van der Waals surface area contributed by atoms with Gasteiger partial charge in [-0.1, -0.05) is 31.9 Å². The molecule has 6 heteroatoms. The summed E-state index contributed by atoms with van der Waals surface area (Å²) in [4.78, 5) is 11.0. The number of H-pyrrole nitrogens is 1. The predicted molar refractivity (Wildman–Crippen MR) is 57.7 cm³/mol. The molecule has 0 spiro atoms. The minimum atomic E-state index is -0.784. The van der Waals surface area contributed by atoms with E-state index in [1.54, 1.807) is 0 Å². The average molecular weight is 226 g/mol. The Morgan fingerprint density at radius 1 is 1.44 bits per heavy atom. The summed E-state index contributed by atoms with van der Waals surface area (Å²) in [5.74, 6) is -0.110. The van der Waals surface area contributed by atoms with E-state index < -0.39 is 11.9 Å². The maximum atomic E-state index is 11.0. The van der Waals surface area contributed by atoms with E-state index in [-0.39, 0.29) is 0 Å². The van der Waals surface area contributed by atoms with Crippen molar-refractivity contribution >= 4 is 5.97 Å². The molecule has 16 heavy (non-hydrogen) atoms. The lowest BCUT2D eigenvalue weighted by atomic mass is 9.95. The Balaban J connectivity index is 2.39. The van der Waals surface area contributed by atoms with Gasteiger partial charge in [-0.3, -0.25) is 4.79 Å². The Morgan fingerprint density at radius 2 is 2.19 bits per heavy atom. The average Bonchev–Trinajstić information content (AvgIpc) is 2.68. The number of hydrogen-bond acceptors (Lipinski definition) is 4. The first-order valence-corrected chi connectivity index (χ1v) is 5.54. The summed E-state index contributed by atoms with van der Waals surface area (Å²) in [6.07, 6.45) is 2.99. The van der Waals surface area contributed by atoms with Crippen LogP contribution < -0.4 is 0 Å². The molecule has 6 nitrogen and oxygen atoms in total. The molecule has 1 aromatic heterocycles.